The maximum Gasteiger partial charge on any atom is 0.311 e. The van der Waals surface area contributed by atoms with Gasteiger partial charge in [-0.3, -0.25) is 0 Å². The maximum absolute atomic E-state index is 12.6. The van der Waals surface area contributed by atoms with Crippen LogP contribution in [0.3, 0.4) is 0 Å². The Morgan fingerprint density at radius 2 is 2.00 bits per heavy atom. The van der Waals surface area contributed by atoms with Crippen molar-refractivity contribution in [2.45, 2.75) is 6.92 Å². The molecule has 79 valence electrons. The van der Waals surface area contributed by atoms with Crippen molar-refractivity contribution in [3.8, 4) is 0 Å². The van der Waals surface area contributed by atoms with Gasteiger partial charge in [0.15, 0.2) is 13.0 Å². The van der Waals surface area contributed by atoms with Crippen molar-refractivity contribution < 1.29 is 14.3 Å². The van der Waals surface area contributed by atoms with Crippen molar-refractivity contribution in [3.05, 3.63) is 52.7 Å². The molecule has 0 aliphatic carbocycles. The van der Waals surface area contributed by atoms with Crippen molar-refractivity contribution >= 4 is 18.7 Å². The number of carboxylic acids is 1. The van der Waals surface area contributed by atoms with Crippen LogP contribution < -0.4 is 5.46 Å². The van der Waals surface area contributed by atoms with Gasteiger partial charge in [-0.05, 0) is 19.1 Å². The minimum absolute atomic E-state index is 0.0818. The van der Waals surface area contributed by atoms with Crippen LogP contribution in [0, 0.1) is 12.4 Å². The van der Waals surface area contributed by atoms with Gasteiger partial charge in [0.05, 0.1) is 6.57 Å². The third-order valence-corrected chi connectivity index (χ3v) is 1.97. The lowest BCUT2D eigenvalue weighted by molar-refractivity contribution is -0.131. The van der Waals surface area contributed by atoms with Crippen LogP contribution in [0.5, 0.6) is 0 Å². The fourth-order valence-electron chi connectivity index (χ4n) is 1.11. The number of benzene rings is 1. The molecule has 3 nitrogen and oxygen atoms in total. The lowest BCUT2D eigenvalue weighted by atomic mass is 9.62. The van der Waals surface area contributed by atoms with Crippen LogP contribution in [0.25, 0.3) is 4.85 Å². The highest BCUT2D eigenvalue weighted by atomic mass is 19.1. The third kappa shape index (κ3) is 2.96. The lowest BCUT2D eigenvalue weighted by Gasteiger charge is -2.02. The Morgan fingerprint density at radius 1 is 1.44 bits per heavy atom. The SMILES string of the molecule is [C-]#[N+]/C(C)=C(/[B]c1ccc(F)cc1)C(=O)O. The van der Waals surface area contributed by atoms with E-state index in [1.165, 1.54) is 38.5 Å². The average molecular weight is 216 g/mol. The van der Waals surface area contributed by atoms with Crippen LogP contribution in [-0.2, 0) is 4.79 Å². The van der Waals surface area contributed by atoms with Crippen LogP contribution in [0.15, 0.2) is 35.4 Å². The first-order chi connectivity index (χ1) is 7.54. The standard InChI is InChI=1S/C11H8BFNO2/c1-7(14-2)10(11(15)16)12-8-3-5-9(13)6-4-8/h3-6H,1H3,(H,15,16)/b10-7+. The molecule has 0 spiro atoms. The zero-order valence-corrected chi connectivity index (χ0v) is 8.57. The van der Waals surface area contributed by atoms with Crippen molar-refractivity contribution in [1.82, 2.24) is 0 Å². The van der Waals surface area contributed by atoms with E-state index in [1.807, 2.05) is 0 Å². The summed E-state index contributed by atoms with van der Waals surface area (Å²) in [5.41, 5.74) is 0.556. The summed E-state index contributed by atoms with van der Waals surface area (Å²) in [7, 11) is 1.34. The van der Waals surface area contributed by atoms with E-state index < -0.39 is 5.97 Å². The Labute approximate surface area is 93.3 Å². The van der Waals surface area contributed by atoms with E-state index in [4.69, 9.17) is 11.7 Å². The predicted molar refractivity (Wildman–Crippen MR) is 58.7 cm³/mol. The van der Waals surface area contributed by atoms with Gasteiger partial charge in [-0.1, -0.05) is 17.6 Å². The molecule has 0 aromatic heterocycles. The van der Waals surface area contributed by atoms with Crippen molar-refractivity contribution in [2.24, 2.45) is 0 Å². The summed E-state index contributed by atoms with van der Waals surface area (Å²) in [6, 6.07) is 5.38. The number of hydrogen-bond acceptors (Lipinski definition) is 1. The Balaban J connectivity index is 2.99. The number of carbonyl (C=O) groups is 1. The Hall–Kier alpha value is -2.09. The number of carboxylic acid groups (broad SMARTS) is 1. The fourth-order valence-corrected chi connectivity index (χ4v) is 1.11. The molecule has 1 N–H and O–H groups in total. The molecule has 0 unspecified atom stereocenters. The molecule has 0 aliphatic rings. The molecule has 1 aromatic rings. The first-order valence-corrected chi connectivity index (χ1v) is 4.46. The van der Waals surface area contributed by atoms with E-state index in [9.17, 15) is 9.18 Å². The molecule has 1 radical (unpaired) electrons. The van der Waals surface area contributed by atoms with Crippen molar-refractivity contribution in [2.75, 3.05) is 0 Å². The van der Waals surface area contributed by atoms with E-state index in [0.29, 0.717) is 5.46 Å². The number of nitrogens with zero attached hydrogens (tertiary/aromatic N) is 1. The van der Waals surface area contributed by atoms with Crippen molar-refractivity contribution in [3.63, 3.8) is 0 Å². The van der Waals surface area contributed by atoms with Crippen LogP contribution >= 0.6 is 0 Å². The highest BCUT2D eigenvalue weighted by molar-refractivity contribution is 6.66. The summed E-state index contributed by atoms with van der Waals surface area (Å²) in [6.45, 7) is 8.18. The molecule has 16 heavy (non-hydrogen) atoms. The van der Waals surface area contributed by atoms with Crippen LogP contribution in [0.2, 0.25) is 0 Å². The molecular weight excluding hydrogens is 208 g/mol. The third-order valence-electron chi connectivity index (χ3n) is 1.97. The zero-order chi connectivity index (χ0) is 12.1. The number of rotatable bonds is 3. The molecule has 0 atom stereocenters. The minimum Gasteiger partial charge on any atom is -0.479 e. The Bertz CT molecular complexity index is 474. The topological polar surface area (TPSA) is 41.7 Å². The van der Waals surface area contributed by atoms with Gasteiger partial charge in [-0.25, -0.2) is 14.0 Å². The monoisotopic (exact) mass is 216 g/mol. The fraction of sp³-hybridized carbons (Fsp3) is 0.0909. The van der Waals surface area contributed by atoms with Gasteiger partial charge in [-0.2, -0.15) is 0 Å². The molecule has 1 rings (SSSR count). The van der Waals surface area contributed by atoms with Gasteiger partial charge < -0.3 is 5.11 Å². The molecule has 0 saturated carbocycles. The molecule has 0 bridgehead atoms. The van der Waals surface area contributed by atoms with E-state index in [2.05, 4.69) is 4.85 Å². The van der Waals surface area contributed by atoms with E-state index in [0.717, 1.165) is 0 Å². The van der Waals surface area contributed by atoms with Crippen LogP contribution in [0.1, 0.15) is 6.92 Å². The summed E-state index contributed by atoms with van der Waals surface area (Å²) in [5, 5.41) is 8.88. The quantitative estimate of drug-likeness (QED) is 0.471. The average Bonchev–Trinajstić information content (AvgIpc) is 2.27. The second kappa shape index (κ2) is 5.12. The van der Waals surface area contributed by atoms with Crippen LogP contribution in [0.4, 0.5) is 4.39 Å². The highest BCUT2D eigenvalue weighted by Crippen LogP contribution is 2.04. The van der Waals surface area contributed by atoms with Gasteiger partial charge in [0, 0.05) is 5.47 Å². The van der Waals surface area contributed by atoms with E-state index in [-0.39, 0.29) is 17.0 Å². The molecule has 0 aliphatic heterocycles. The van der Waals surface area contributed by atoms with Gasteiger partial charge in [0.1, 0.15) is 5.82 Å². The van der Waals surface area contributed by atoms with Gasteiger partial charge in [-0.15, -0.1) is 0 Å². The van der Waals surface area contributed by atoms with E-state index >= 15 is 0 Å². The first kappa shape index (κ1) is 12.0. The number of aliphatic carboxylic acids is 1. The zero-order valence-electron chi connectivity index (χ0n) is 8.57. The van der Waals surface area contributed by atoms with Gasteiger partial charge >= 0.3 is 5.97 Å². The predicted octanol–water partition coefficient (Wildman–Crippen LogP) is 1.39. The number of hydrogen-bond donors (Lipinski definition) is 1. The number of halogens is 1. The van der Waals surface area contributed by atoms with Crippen molar-refractivity contribution in [1.29, 1.82) is 0 Å². The molecule has 0 saturated heterocycles. The largest absolute Gasteiger partial charge is 0.479 e. The number of allylic oxidation sites excluding steroid dienone is 1. The summed E-state index contributed by atoms with van der Waals surface area (Å²) in [4.78, 5) is 13.9. The van der Waals surface area contributed by atoms with Gasteiger partial charge in [0.25, 0.3) is 0 Å². The molecule has 0 heterocycles. The molecule has 1 aromatic carbocycles. The molecule has 0 fully saturated rings. The minimum atomic E-state index is -1.17. The summed E-state index contributed by atoms with van der Waals surface area (Å²) >= 11 is 0. The smallest absolute Gasteiger partial charge is 0.311 e. The molecular formula is C11H8BFNO2. The maximum atomic E-state index is 12.6. The molecule has 5 heteroatoms. The lowest BCUT2D eigenvalue weighted by Crippen LogP contribution is -2.22. The normalized spacial score (nSPS) is 11.3. The molecule has 0 amide bonds. The second-order valence-corrected chi connectivity index (χ2v) is 3.11. The van der Waals surface area contributed by atoms with Crippen LogP contribution in [-0.4, -0.2) is 18.4 Å². The second-order valence-electron chi connectivity index (χ2n) is 3.11. The Morgan fingerprint density at radius 3 is 2.44 bits per heavy atom. The van der Waals surface area contributed by atoms with E-state index in [1.54, 1.807) is 0 Å². The summed E-state index contributed by atoms with van der Waals surface area (Å²) < 4.78 is 12.6. The summed E-state index contributed by atoms with van der Waals surface area (Å²) in [5.74, 6) is -1.56. The Kier molecular flexibility index (Phi) is 3.84. The summed E-state index contributed by atoms with van der Waals surface area (Å²) in [6.07, 6.45) is 0. The first-order valence-electron chi connectivity index (χ1n) is 4.46. The van der Waals surface area contributed by atoms with Gasteiger partial charge in [0.2, 0.25) is 0 Å². The highest BCUT2D eigenvalue weighted by Gasteiger charge is 2.13.